The van der Waals surface area contributed by atoms with Gasteiger partial charge in [-0.05, 0) is 47.6 Å². The van der Waals surface area contributed by atoms with Crippen LogP contribution in [0.15, 0.2) is 48.8 Å². The van der Waals surface area contributed by atoms with Crippen LogP contribution in [0.25, 0.3) is 21.6 Å². The molecule has 10 heteroatoms. The Balaban J connectivity index is 1.43. The molecule has 0 saturated heterocycles. The van der Waals surface area contributed by atoms with Crippen molar-refractivity contribution in [3.63, 3.8) is 0 Å². The van der Waals surface area contributed by atoms with E-state index in [9.17, 15) is 10.1 Å². The molecule has 1 aliphatic heterocycles. The lowest BCUT2D eigenvalue weighted by Gasteiger charge is -2.09. The number of pyridine rings is 1. The molecule has 1 aromatic carbocycles. The van der Waals surface area contributed by atoms with Crippen molar-refractivity contribution in [3.05, 3.63) is 64.5 Å². The molecule has 4 aromatic rings. The lowest BCUT2D eigenvalue weighted by atomic mass is 10.1. The van der Waals surface area contributed by atoms with E-state index >= 15 is 0 Å². The zero-order valence-electron chi connectivity index (χ0n) is 15.6. The predicted octanol–water partition coefficient (Wildman–Crippen LogP) is 4.04. The van der Waals surface area contributed by atoms with E-state index in [1.54, 1.807) is 18.5 Å². The number of thiophene rings is 1. The van der Waals surface area contributed by atoms with E-state index in [0.29, 0.717) is 28.4 Å². The lowest BCUT2D eigenvalue weighted by Crippen LogP contribution is -2.07. The van der Waals surface area contributed by atoms with E-state index in [0.717, 1.165) is 40.4 Å². The molecule has 9 nitrogen and oxygen atoms in total. The number of fused-ring (bicyclic) bond motifs is 2. The molecule has 0 aliphatic carbocycles. The quantitative estimate of drug-likeness (QED) is 0.367. The van der Waals surface area contributed by atoms with Gasteiger partial charge >= 0.3 is 5.00 Å². The number of rotatable bonds is 6. The Morgan fingerprint density at radius 1 is 1.17 bits per heavy atom. The lowest BCUT2D eigenvalue weighted by molar-refractivity contribution is -0.380. The minimum atomic E-state index is -0.410. The fourth-order valence-electron chi connectivity index (χ4n) is 3.18. The summed E-state index contributed by atoms with van der Waals surface area (Å²) in [6.45, 7) is 0.825. The Hall–Kier alpha value is -3.79. The molecule has 0 saturated carbocycles. The molecule has 150 valence electrons. The zero-order valence-corrected chi connectivity index (χ0v) is 16.4. The number of aromatic nitrogens is 3. The summed E-state index contributed by atoms with van der Waals surface area (Å²) in [5.74, 6) is 2.52. The molecule has 30 heavy (non-hydrogen) atoms. The Morgan fingerprint density at radius 3 is 2.90 bits per heavy atom. The van der Waals surface area contributed by atoms with Crippen LogP contribution in [-0.4, -0.2) is 33.2 Å². The summed E-state index contributed by atoms with van der Waals surface area (Å²) in [5, 5.41) is 15.2. The summed E-state index contributed by atoms with van der Waals surface area (Å²) in [6, 6.07) is 11.0. The first kappa shape index (κ1) is 18.3. The fourth-order valence-corrected chi connectivity index (χ4v) is 4.03. The maximum absolute atomic E-state index is 11.2. The molecule has 0 unspecified atom stereocenters. The molecule has 0 atom stereocenters. The first-order valence-corrected chi connectivity index (χ1v) is 9.98. The number of nitrogens with zero attached hydrogens (tertiary/aromatic N) is 4. The number of benzene rings is 1. The van der Waals surface area contributed by atoms with Crippen molar-refractivity contribution in [1.29, 1.82) is 0 Å². The topological polar surface area (TPSA) is 112 Å². The van der Waals surface area contributed by atoms with E-state index < -0.39 is 4.92 Å². The Labute approximate surface area is 174 Å². The van der Waals surface area contributed by atoms with Crippen molar-refractivity contribution in [3.8, 4) is 22.9 Å². The van der Waals surface area contributed by atoms with E-state index in [2.05, 4.69) is 20.3 Å². The van der Waals surface area contributed by atoms with Gasteiger partial charge in [-0.3, -0.25) is 15.1 Å². The molecule has 3 aromatic heterocycles. The van der Waals surface area contributed by atoms with Crippen LogP contribution in [-0.2, 0) is 6.42 Å². The van der Waals surface area contributed by atoms with Crippen LogP contribution in [0.2, 0.25) is 0 Å². The van der Waals surface area contributed by atoms with Crippen LogP contribution in [0.4, 0.5) is 10.8 Å². The number of anilines is 1. The third-order valence-corrected chi connectivity index (χ3v) is 5.60. The van der Waals surface area contributed by atoms with Gasteiger partial charge in [0.2, 0.25) is 6.79 Å². The molecule has 0 radical (unpaired) electrons. The highest BCUT2D eigenvalue weighted by molar-refractivity contribution is 7.21. The summed E-state index contributed by atoms with van der Waals surface area (Å²) < 4.78 is 10.8. The van der Waals surface area contributed by atoms with E-state index in [1.807, 2.05) is 24.3 Å². The number of ether oxygens (including phenoxy) is 2. The van der Waals surface area contributed by atoms with Crippen molar-refractivity contribution in [1.82, 2.24) is 15.0 Å². The molecule has 0 fully saturated rings. The first-order chi connectivity index (χ1) is 14.7. The molecule has 0 bridgehead atoms. The molecule has 0 amide bonds. The van der Waals surface area contributed by atoms with Crippen LogP contribution in [0.5, 0.6) is 11.5 Å². The Kier molecular flexibility index (Phi) is 4.60. The molecule has 5 rings (SSSR count). The van der Waals surface area contributed by atoms with Crippen LogP contribution in [0.3, 0.4) is 0 Å². The second kappa shape index (κ2) is 7.56. The molecular weight excluding hydrogens is 406 g/mol. The molecule has 4 heterocycles. The van der Waals surface area contributed by atoms with Crippen LogP contribution in [0, 0.1) is 10.1 Å². The predicted molar refractivity (Wildman–Crippen MR) is 112 cm³/mol. The normalized spacial score (nSPS) is 12.3. The minimum Gasteiger partial charge on any atom is -0.454 e. The van der Waals surface area contributed by atoms with Gasteiger partial charge in [0.05, 0.1) is 10.3 Å². The van der Waals surface area contributed by atoms with Crippen LogP contribution < -0.4 is 14.8 Å². The molecule has 1 N–H and O–H groups in total. The number of nitro groups is 1. The van der Waals surface area contributed by atoms with Gasteiger partial charge in [0.25, 0.3) is 0 Å². The summed E-state index contributed by atoms with van der Waals surface area (Å²) in [4.78, 5) is 24.6. The maximum Gasteiger partial charge on any atom is 0.326 e. The van der Waals surface area contributed by atoms with Crippen LogP contribution in [0.1, 0.15) is 5.56 Å². The van der Waals surface area contributed by atoms with Gasteiger partial charge in [0.1, 0.15) is 10.6 Å². The number of nitrogens with one attached hydrogen (secondary N) is 1. The van der Waals surface area contributed by atoms with Crippen molar-refractivity contribution >= 4 is 32.4 Å². The molecule has 1 aliphatic rings. The van der Waals surface area contributed by atoms with Gasteiger partial charge in [-0.15, -0.1) is 0 Å². The van der Waals surface area contributed by atoms with Crippen LogP contribution >= 0.6 is 11.3 Å². The van der Waals surface area contributed by atoms with Crippen molar-refractivity contribution < 1.29 is 14.4 Å². The maximum atomic E-state index is 11.2. The smallest absolute Gasteiger partial charge is 0.326 e. The third-order valence-electron chi connectivity index (χ3n) is 4.62. The zero-order chi connectivity index (χ0) is 20.5. The highest BCUT2D eigenvalue weighted by Gasteiger charge is 2.18. The standard InChI is InChI=1S/C20H15N5O4S/c26-25(27)17-9-14-19(22-7-5-12-3-4-15-16(8-12)29-11-28-15)23-18(24-20(14)30-17)13-2-1-6-21-10-13/h1-4,6,8-10H,5,7,11H2,(H,22,23,24). The van der Waals surface area contributed by atoms with Gasteiger partial charge in [-0.25, -0.2) is 9.97 Å². The summed E-state index contributed by atoms with van der Waals surface area (Å²) >= 11 is 1.03. The third kappa shape index (κ3) is 3.48. The highest BCUT2D eigenvalue weighted by Crippen LogP contribution is 2.35. The van der Waals surface area contributed by atoms with Gasteiger partial charge in [0.15, 0.2) is 17.3 Å². The summed E-state index contributed by atoms with van der Waals surface area (Å²) in [6.07, 6.45) is 4.05. The summed E-state index contributed by atoms with van der Waals surface area (Å²) in [5.41, 5.74) is 1.83. The van der Waals surface area contributed by atoms with Gasteiger partial charge in [-0.2, -0.15) is 0 Å². The molecular formula is C20H15N5O4S. The van der Waals surface area contributed by atoms with E-state index in [-0.39, 0.29) is 11.8 Å². The second-order valence-corrected chi connectivity index (χ2v) is 7.57. The Morgan fingerprint density at radius 2 is 2.07 bits per heavy atom. The summed E-state index contributed by atoms with van der Waals surface area (Å²) in [7, 11) is 0. The van der Waals surface area contributed by atoms with E-state index in [4.69, 9.17) is 9.47 Å². The highest BCUT2D eigenvalue weighted by atomic mass is 32.1. The fraction of sp³-hybridized carbons (Fsp3) is 0.150. The SMILES string of the molecule is O=[N+]([O-])c1cc2c(NCCc3ccc4c(c3)OCO4)nc(-c3cccnc3)nc2s1. The van der Waals surface area contributed by atoms with Crippen molar-refractivity contribution in [2.45, 2.75) is 6.42 Å². The first-order valence-electron chi connectivity index (χ1n) is 9.16. The second-order valence-electron chi connectivity index (χ2n) is 6.56. The number of hydrogen-bond donors (Lipinski definition) is 1. The van der Waals surface area contributed by atoms with Crippen molar-refractivity contribution in [2.24, 2.45) is 0 Å². The average molecular weight is 421 g/mol. The Bertz CT molecular complexity index is 1240. The largest absolute Gasteiger partial charge is 0.454 e. The monoisotopic (exact) mass is 421 g/mol. The number of hydrogen-bond acceptors (Lipinski definition) is 9. The van der Waals surface area contributed by atoms with Gasteiger partial charge < -0.3 is 14.8 Å². The molecule has 0 spiro atoms. The van der Waals surface area contributed by atoms with Gasteiger partial charge in [-0.1, -0.05) is 6.07 Å². The average Bonchev–Trinajstić information content (AvgIpc) is 3.41. The van der Waals surface area contributed by atoms with E-state index in [1.165, 1.54) is 6.07 Å². The van der Waals surface area contributed by atoms with Gasteiger partial charge in [0, 0.05) is 30.6 Å². The minimum absolute atomic E-state index is 0.0291. The van der Waals surface area contributed by atoms with Crippen molar-refractivity contribution in [2.75, 3.05) is 18.7 Å².